The Morgan fingerprint density at radius 2 is 2.20 bits per heavy atom. The number of rotatable bonds is 0. The zero-order chi connectivity index (χ0) is 7.72. The van der Waals surface area contributed by atoms with Crippen molar-refractivity contribution in [1.29, 1.82) is 0 Å². The van der Waals surface area contributed by atoms with Gasteiger partial charge in [-0.25, -0.2) is 5.11 Å². The lowest BCUT2D eigenvalue weighted by atomic mass is 10.4. The molecule has 0 radical (unpaired) electrons. The fraction of sp³-hybridized carbons (Fsp3) is 0.333. The smallest absolute Gasteiger partial charge is 0.320 e. The van der Waals surface area contributed by atoms with Crippen LogP contribution in [0.4, 0.5) is 0 Å². The normalized spacial score (nSPS) is 22.2. The van der Waals surface area contributed by atoms with E-state index in [9.17, 15) is 5.11 Å². The summed E-state index contributed by atoms with van der Waals surface area (Å²) in [6.45, 7) is 0. The van der Waals surface area contributed by atoms with E-state index in [1.54, 1.807) is 29.3 Å². The predicted octanol–water partition coefficient (Wildman–Crippen LogP) is -1.45. The van der Waals surface area contributed by atoms with Crippen molar-refractivity contribution in [2.45, 2.75) is 0 Å². The molecule has 0 unspecified atom stereocenters. The van der Waals surface area contributed by atoms with Crippen molar-refractivity contribution in [2.75, 3.05) is 14.1 Å². The number of hydrogen-bond donors (Lipinski definition) is 0. The van der Waals surface area contributed by atoms with Gasteiger partial charge in [-0.05, 0) is 6.08 Å². The zero-order valence-electron chi connectivity index (χ0n) is 5.96. The minimum atomic E-state index is -0.650. The number of hydrazine groups is 1. The third-order valence-corrected chi connectivity index (χ3v) is 1.50. The van der Waals surface area contributed by atoms with Gasteiger partial charge in [0, 0.05) is 20.3 Å². The molecule has 0 spiro atoms. The molecule has 56 valence electrons. The van der Waals surface area contributed by atoms with Crippen LogP contribution in [0.25, 0.3) is 0 Å². The van der Waals surface area contributed by atoms with Crippen molar-refractivity contribution in [3.8, 4) is 0 Å². The Hall–Kier alpha value is -1.32. The van der Waals surface area contributed by atoms with Gasteiger partial charge in [0.25, 0.3) is 0 Å². The first-order valence-electron chi connectivity index (χ1n) is 2.90. The Morgan fingerprint density at radius 3 is 2.40 bits per heavy atom. The summed E-state index contributed by atoms with van der Waals surface area (Å²) in [7, 11) is 3.55. The predicted molar refractivity (Wildman–Crippen MR) is 35.3 cm³/mol. The molecule has 2 N–H and O–H groups in total. The maximum absolute atomic E-state index is 10.5. The molecule has 0 saturated heterocycles. The maximum atomic E-state index is 10.5. The van der Waals surface area contributed by atoms with Crippen LogP contribution < -0.4 is 5.11 Å². The fourth-order valence-corrected chi connectivity index (χ4v) is 0.779. The van der Waals surface area contributed by atoms with Gasteiger partial charge in [0.15, 0.2) is 0 Å². The van der Waals surface area contributed by atoms with Crippen LogP contribution in [0.5, 0.6) is 0 Å². The topological polar surface area (TPSA) is 52.4 Å². The number of likely N-dealkylation sites (N-methyl/N-ethyl adjacent to an activating group) is 1. The van der Waals surface area contributed by atoms with Gasteiger partial charge >= 0.3 is 5.95 Å². The van der Waals surface area contributed by atoms with Gasteiger partial charge in [0.05, 0.1) is 0 Å². The van der Waals surface area contributed by atoms with E-state index >= 15 is 0 Å². The Labute approximate surface area is 59.3 Å². The molecule has 0 amide bonds. The second kappa shape index (κ2) is 2.13. The zero-order valence-corrected chi connectivity index (χ0v) is 5.96. The summed E-state index contributed by atoms with van der Waals surface area (Å²) in [5.74, 6) is -0.650. The standard InChI is InChI=1S/C6H10N2O2/c1-7-4-3-5(6(9)10)8(7)2/h3-4,9-10H,1-2H3. The Kier molecular flexibility index (Phi) is 1.45. The molecular weight excluding hydrogens is 132 g/mol. The monoisotopic (exact) mass is 142 g/mol. The van der Waals surface area contributed by atoms with Crippen molar-refractivity contribution < 1.29 is 10.2 Å². The molecule has 1 rings (SSSR count). The van der Waals surface area contributed by atoms with Crippen LogP contribution in [0, 0.1) is 0 Å². The van der Waals surface area contributed by atoms with Crippen LogP contribution in [0.1, 0.15) is 0 Å². The summed E-state index contributed by atoms with van der Waals surface area (Å²) in [5.41, 5.74) is 0.405. The van der Waals surface area contributed by atoms with Gasteiger partial charge in [-0.3, -0.25) is 10.0 Å². The number of allylic oxidation sites excluding steroid dienone is 1. The number of nitrogens with zero attached hydrogens (tertiary/aromatic N) is 2. The second-order valence-electron chi connectivity index (χ2n) is 2.13. The molecule has 1 heterocycles. The summed E-state index contributed by atoms with van der Waals surface area (Å²) in [6, 6.07) is 0. The van der Waals surface area contributed by atoms with E-state index in [0.29, 0.717) is 5.70 Å². The maximum Gasteiger partial charge on any atom is 0.320 e. The van der Waals surface area contributed by atoms with Gasteiger partial charge in [0.2, 0.25) is 0 Å². The average Bonchev–Trinajstić information content (AvgIpc) is 2.14. The highest BCUT2D eigenvalue weighted by atomic mass is 16.5. The van der Waals surface area contributed by atoms with Gasteiger partial charge in [-0.15, -0.1) is 0 Å². The first-order valence-corrected chi connectivity index (χ1v) is 2.90. The van der Waals surface area contributed by atoms with Gasteiger partial charge in [-0.2, -0.15) is 0 Å². The molecule has 0 aromatic heterocycles. The van der Waals surface area contributed by atoms with E-state index in [1.807, 2.05) is 7.05 Å². The van der Waals surface area contributed by atoms with Crippen molar-refractivity contribution in [3.63, 3.8) is 0 Å². The van der Waals surface area contributed by atoms with E-state index in [0.717, 1.165) is 0 Å². The SMILES string of the molecule is CN1C=C/C(=C(\[O-])[OH2+])N1C. The molecule has 0 atom stereocenters. The van der Waals surface area contributed by atoms with Crippen LogP contribution >= 0.6 is 0 Å². The highest BCUT2D eigenvalue weighted by Gasteiger charge is 2.15. The molecule has 1 aliphatic rings. The van der Waals surface area contributed by atoms with Gasteiger partial charge < -0.3 is 5.11 Å². The Morgan fingerprint density at radius 1 is 1.60 bits per heavy atom. The van der Waals surface area contributed by atoms with E-state index in [2.05, 4.69) is 0 Å². The van der Waals surface area contributed by atoms with Gasteiger partial charge in [0.1, 0.15) is 5.70 Å². The van der Waals surface area contributed by atoms with E-state index < -0.39 is 5.95 Å². The fourth-order valence-electron chi connectivity index (χ4n) is 0.779. The molecular formula is C6H10N2O2. The van der Waals surface area contributed by atoms with Crippen molar-refractivity contribution in [3.05, 3.63) is 23.9 Å². The highest BCUT2D eigenvalue weighted by molar-refractivity contribution is 5.20. The van der Waals surface area contributed by atoms with Crippen LogP contribution in [-0.4, -0.2) is 29.2 Å². The molecule has 0 fully saturated rings. The Balaban J connectivity index is 2.86. The van der Waals surface area contributed by atoms with E-state index in [-0.39, 0.29) is 0 Å². The molecule has 10 heavy (non-hydrogen) atoms. The first kappa shape index (κ1) is 6.80. The third-order valence-electron chi connectivity index (χ3n) is 1.50. The van der Waals surface area contributed by atoms with Crippen LogP contribution in [0.15, 0.2) is 23.9 Å². The number of hydrogen-bond acceptors (Lipinski definition) is 3. The van der Waals surface area contributed by atoms with Crippen LogP contribution in [0.3, 0.4) is 0 Å². The lowest BCUT2D eigenvalue weighted by Crippen LogP contribution is -2.28. The van der Waals surface area contributed by atoms with Crippen molar-refractivity contribution in [1.82, 2.24) is 10.0 Å². The minimum Gasteiger partial charge on any atom is -0.614 e. The summed E-state index contributed by atoms with van der Waals surface area (Å²) in [6.07, 6.45) is 3.36. The van der Waals surface area contributed by atoms with Crippen molar-refractivity contribution in [2.24, 2.45) is 0 Å². The van der Waals surface area contributed by atoms with Gasteiger partial charge in [-0.1, -0.05) is 0 Å². The second-order valence-corrected chi connectivity index (χ2v) is 2.13. The lowest BCUT2D eigenvalue weighted by Gasteiger charge is -2.22. The molecule has 4 heteroatoms. The summed E-state index contributed by atoms with van der Waals surface area (Å²) in [5, 5.41) is 20.7. The summed E-state index contributed by atoms with van der Waals surface area (Å²) >= 11 is 0. The molecule has 4 nitrogen and oxygen atoms in total. The third kappa shape index (κ3) is 0.877. The molecule has 0 aliphatic carbocycles. The molecule has 0 aromatic carbocycles. The summed E-state index contributed by atoms with van der Waals surface area (Å²) in [4.78, 5) is 0. The average molecular weight is 142 g/mol. The van der Waals surface area contributed by atoms with Crippen LogP contribution in [-0.2, 0) is 0 Å². The first-order chi connectivity index (χ1) is 4.63. The lowest BCUT2D eigenvalue weighted by molar-refractivity contribution is -0.352. The van der Waals surface area contributed by atoms with E-state index in [1.165, 1.54) is 0 Å². The largest absolute Gasteiger partial charge is 0.614 e. The minimum absolute atomic E-state index is 0.405. The molecule has 1 aliphatic heterocycles. The van der Waals surface area contributed by atoms with Crippen LogP contribution in [0.2, 0.25) is 0 Å². The summed E-state index contributed by atoms with van der Waals surface area (Å²) < 4.78 is 0. The highest BCUT2D eigenvalue weighted by Crippen LogP contribution is 2.14. The molecule has 0 aromatic rings. The van der Waals surface area contributed by atoms with E-state index in [4.69, 9.17) is 5.11 Å². The van der Waals surface area contributed by atoms with Crippen molar-refractivity contribution >= 4 is 0 Å². The molecule has 0 bridgehead atoms. The molecule has 0 saturated carbocycles. The quantitative estimate of drug-likeness (QED) is 0.307. The Bertz CT molecular complexity index is 194.